The average molecular weight is 348 g/mol. The van der Waals surface area contributed by atoms with E-state index in [4.69, 9.17) is 0 Å². The van der Waals surface area contributed by atoms with Gasteiger partial charge in [0.15, 0.2) is 0 Å². The molecular formula is C17H20N2O4S. The van der Waals surface area contributed by atoms with Crippen LogP contribution >= 0.6 is 11.8 Å². The number of esters is 1. The molecule has 0 saturated heterocycles. The van der Waals surface area contributed by atoms with E-state index >= 15 is 0 Å². The van der Waals surface area contributed by atoms with Crippen LogP contribution in [0.25, 0.3) is 0 Å². The molecule has 1 aliphatic heterocycles. The number of hydroxylamine groups is 1. The Morgan fingerprint density at radius 2 is 2.08 bits per heavy atom. The summed E-state index contributed by atoms with van der Waals surface area (Å²) in [5.41, 5.74) is 3.86. The highest BCUT2D eigenvalue weighted by atomic mass is 32.2. The van der Waals surface area contributed by atoms with Crippen molar-refractivity contribution in [3.05, 3.63) is 58.3 Å². The maximum absolute atomic E-state index is 12.2. The quantitative estimate of drug-likeness (QED) is 0.399. The smallest absolute Gasteiger partial charge is 0.305 e. The molecule has 128 valence electrons. The topological polar surface area (TPSA) is 87.7 Å². The van der Waals surface area contributed by atoms with Crippen LogP contribution < -0.4 is 10.8 Å². The van der Waals surface area contributed by atoms with Crippen LogP contribution in [0.3, 0.4) is 0 Å². The second-order valence-corrected chi connectivity index (χ2v) is 6.13. The van der Waals surface area contributed by atoms with Gasteiger partial charge in [0.05, 0.1) is 18.5 Å². The summed E-state index contributed by atoms with van der Waals surface area (Å²) < 4.78 is 4.59. The number of hydrogen-bond acceptors (Lipinski definition) is 6. The van der Waals surface area contributed by atoms with E-state index < -0.39 is 0 Å². The number of benzene rings is 1. The first-order chi connectivity index (χ1) is 11.7. The lowest BCUT2D eigenvalue weighted by Crippen LogP contribution is -2.26. The summed E-state index contributed by atoms with van der Waals surface area (Å²) in [6.45, 7) is 0. The van der Waals surface area contributed by atoms with E-state index in [2.05, 4.69) is 15.5 Å². The molecule has 0 spiro atoms. The van der Waals surface area contributed by atoms with Crippen LogP contribution in [0.15, 0.2) is 52.7 Å². The van der Waals surface area contributed by atoms with Crippen molar-refractivity contribution in [1.82, 2.24) is 10.8 Å². The minimum Gasteiger partial charge on any atom is -0.469 e. The summed E-state index contributed by atoms with van der Waals surface area (Å²) in [7, 11) is 1.37. The third kappa shape index (κ3) is 4.87. The molecule has 0 radical (unpaired) electrons. The predicted molar refractivity (Wildman–Crippen MR) is 92.3 cm³/mol. The monoisotopic (exact) mass is 348 g/mol. The molecule has 0 atom stereocenters. The number of ether oxygens (including phenoxy) is 1. The maximum atomic E-state index is 12.2. The van der Waals surface area contributed by atoms with Gasteiger partial charge in [-0.3, -0.25) is 20.3 Å². The first-order valence-electron chi connectivity index (χ1n) is 7.55. The molecule has 3 N–H and O–H groups in total. The highest BCUT2D eigenvalue weighted by Crippen LogP contribution is 2.33. The van der Waals surface area contributed by atoms with Crippen molar-refractivity contribution in [2.24, 2.45) is 0 Å². The van der Waals surface area contributed by atoms with E-state index in [1.165, 1.54) is 18.9 Å². The van der Waals surface area contributed by atoms with Gasteiger partial charge in [-0.25, -0.2) is 0 Å². The molecule has 6 nitrogen and oxygen atoms in total. The largest absolute Gasteiger partial charge is 0.469 e. The second kappa shape index (κ2) is 9.14. The van der Waals surface area contributed by atoms with Gasteiger partial charge < -0.3 is 10.1 Å². The Bertz CT molecular complexity index is 656. The summed E-state index contributed by atoms with van der Waals surface area (Å²) in [6.07, 6.45) is 3.64. The number of carbonyl (C=O) groups is 2. The first-order valence-corrected chi connectivity index (χ1v) is 8.54. The molecule has 0 aromatic heterocycles. The zero-order valence-corrected chi connectivity index (χ0v) is 14.2. The molecule has 2 rings (SSSR count). The standard InChI is InChI=1S/C17H20N2O4S/c1-23-15(20)10-6-5-9-14-16(19-22)13(11-24-14)18-17(21)12-7-3-2-4-8-12/h2-4,7-9,19,22H,5-6,10-11H2,1H3,(H,18,21). The van der Waals surface area contributed by atoms with Gasteiger partial charge in [0.25, 0.3) is 5.91 Å². The molecule has 1 aliphatic rings. The lowest BCUT2D eigenvalue weighted by atomic mass is 10.2. The SMILES string of the molecule is COC(=O)CCCC=C1SCC(NC(=O)c2ccccc2)=C1NO. The van der Waals surface area contributed by atoms with Crippen LogP contribution in [0.4, 0.5) is 0 Å². The number of nitrogens with one attached hydrogen (secondary N) is 2. The van der Waals surface area contributed by atoms with Gasteiger partial charge >= 0.3 is 5.97 Å². The van der Waals surface area contributed by atoms with E-state index in [0.29, 0.717) is 42.0 Å². The van der Waals surface area contributed by atoms with Crippen LogP contribution in [0, 0.1) is 0 Å². The number of hydrogen-bond donors (Lipinski definition) is 3. The van der Waals surface area contributed by atoms with Crippen molar-refractivity contribution in [2.45, 2.75) is 19.3 Å². The van der Waals surface area contributed by atoms with Crippen molar-refractivity contribution in [3.63, 3.8) is 0 Å². The lowest BCUT2D eigenvalue weighted by molar-refractivity contribution is -0.140. The van der Waals surface area contributed by atoms with Crippen LogP contribution in [-0.2, 0) is 9.53 Å². The van der Waals surface area contributed by atoms with Crippen LogP contribution in [-0.4, -0.2) is 29.9 Å². The van der Waals surface area contributed by atoms with E-state index in [0.717, 1.165) is 4.91 Å². The maximum Gasteiger partial charge on any atom is 0.305 e. The summed E-state index contributed by atoms with van der Waals surface area (Å²) in [5, 5.41) is 12.2. The van der Waals surface area contributed by atoms with E-state index in [-0.39, 0.29) is 11.9 Å². The van der Waals surface area contributed by atoms with E-state index in [1.54, 1.807) is 24.3 Å². The number of allylic oxidation sites excluding steroid dienone is 1. The summed E-state index contributed by atoms with van der Waals surface area (Å²) in [6, 6.07) is 8.90. The Labute approximate surface area is 144 Å². The first kappa shape index (κ1) is 18.1. The van der Waals surface area contributed by atoms with Crippen molar-refractivity contribution in [2.75, 3.05) is 12.9 Å². The Balaban J connectivity index is 1.99. The number of amides is 1. The zero-order valence-electron chi connectivity index (χ0n) is 13.4. The normalized spacial score (nSPS) is 15.5. The number of carbonyl (C=O) groups excluding carboxylic acids is 2. The van der Waals surface area contributed by atoms with Gasteiger partial charge in [0.2, 0.25) is 0 Å². The molecule has 1 aromatic rings. The van der Waals surface area contributed by atoms with Gasteiger partial charge in [-0.1, -0.05) is 24.3 Å². The Morgan fingerprint density at radius 1 is 1.33 bits per heavy atom. The third-order valence-corrected chi connectivity index (χ3v) is 4.59. The van der Waals surface area contributed by atoms with Crippen molar-refractivity contribution < 1.29 is 19.5 Å². The fourth-order valence-electron chi connectivity index (χ4n) is 2.21. The fourth-order valence-corrected chi connectivity index (χ4v) is 3.27. The van der Waals surface area contributed by atoms with Gasteiger partial charge in [0.1, 0.15) is 0 Å². The summed E-state index contributed by atoms with van der Waals surface area (Å²) >= 11 is 1.52. The number of rotatable bonds is 7. The molecule has 0 fully saturated rings. The van der Waals surface area contributed by atoms with Crippen LogP contribution in [0.2, 0.25) is 0 Å². The van der Waals surface area contributed by atoms with Crippen molar-refractivity contribution >= 4 is 23.6 Å². The summed E-state index contributed by atoms with van der Waals surface area (Å²) in [4.78, 5) is 24.1. The van der Waals surface area contributed by atoms with Crippen molar-refractivity contribution in [1.29, 1.82) is 0 Å². The predicted octanol–water partition coefficient (Wildman–Crippen LogP) is 2.58. The number of unbranched alkanes of at least 4 members (excludes halogenated alkanes) is 1. The summed E-state index contributed by atoms with van der Waals surface area (Å²) in [5.74, 6) is 0.106. The molecule has 1 amide bonds. The van der Waals surface area contributed by atoms with E-state index in [1.807, 2.05) is 12.1 Å². The fraction of sp³-hybridized carbons (Fsp3) is 0.294. The van der Waals surface area contributed by atoms with Crippen LogP contribution in [0.5, 0.6) is 0 Å². The highest BCUT2D eigenvalue weighted by Gasteiger charge is 2.22. The van der Waals surface area contributed by atoms with Gasteiger partial charge in [0, 0.05) is 22.6 Å². The lowest BCUT2D eigenvalue weighted by Gasteiger charge is -2.08. The van der Waals surface area contributed by atoms with E-state index in [9.17, 15) is 14.8 Å². The minimum atomic E-state index is -0.237. The van der Waals surface area contributed by atoms with Crippen LogP contribution in [0.1, 0.15) is 29.6 Å². The molecule has 24 heavy (non-hydrogen) atoms. The minimum absolute atomic E-state index is 0.217. The molecule has 1 aromatic carbocycles. The Hall–Kier alpha value is -2.25. The zero-order chi connectivity index (χ0) is 17.4. The molecule has 1 heterocycles. The third-order valence-electron chi connectivity index (χ3n) is 3.47. The number of methoxy groups -OCH3 is 1. The highest BCUT2D eigenvalue weighted by molar-refractivity contribution is 8.03. The molecule has 7 heteroatoms. The molecule has 0 saturated carbocycles. The number of thioether (sulfide) groups is 1. The second-order valence-electron chi connectivity index (χ2n) is 5.11. The molecule has 0 unspecified atom stereocenters. The van der Waals surface area contributed by atoms with Gasteiger partial charge in [-0.15, -0.1) is 11.8 Å². The molecular weight excluding hydrogens is 328 g/mol. The van der Waals surface area contributed by atoms with Crippen molar-refractivity contribution in [3.8, 4) is 0 Å². The van der Waals surface area contributed by atoms with Gasteiger partial charge in [-0.05, 0) is 25.0 Å². The Morgan fingerprint density at radius 3 is 2.75 bits per heavy atom. The molecule has 0 bridgehead atoms. The molecule has 0 aliphatic carbocycles. The average Bonchev–Trinajstić information content (AvgIpc) is 3.00. The Kier molecular flexibility index (Phi) is 6.89. The van der Waals surface area contributed by atoms with Gasteiger partial charge in [-0.2, -0.15) is 0 Å².